The van der Waals surface area contributed by atoms with E-state index >= 15 is 0 Å². The second-order valence-corrected chi connectivity index (χ2v) is 3.15. The number of hydrogen-bond donors (Lipinski definition) is 0. The van der Waals surface area contributed by atoms with Crippen LogP contribution in [0.25, 0.3) is 11.3 Å². The van der Waals surface area contributed by atoms with Crippen molar-refractivity contribution in [3.8, 4) is 11.3 Å². The molecule has 0 fully saturated rings. The SMILES string of the molecule is COC(=O)c1ccnnc1-c1ccccc1. The molecule has 0 saturated carbocycles. The average molecular weight is 214 g/mol. The maximum Gasteiger partial charge on any atom is 0.340 e. The second kappa shape index (κ2) is 4.53. The summed E-state index contributed by atoms with van der Waals surface area (Å²) in [6.07, 6.45) is 1.47. The van der Waals surface area contributed by atoms with Crippen molar-refractivity contribution in [1.82, 2.24) is 10.2 Å². The molecular weight excluding hydrogens is 204 g/mol. The van der Waals surface area contributed by atoms with Gasteiger partial charge in [-0.05, 0) is 6.07 Å². The molecule has 0 radical (unpaired) electrons. The number of esters is 1. The number of hydrogen-bond acceptors (Lipinski definition) is 4. The first-order valence-corrected chi connectivity index (χ1v) is 4.78. The van der Waals surface area contributed by atoms with Crippen molar-refractivity contribution in [2.45, 2.75) is 0 Å². The molecule has 80 valence electrons. The van der Waals surface area contributed by atoms with Crippen LogP contribution < -0.4 is 0 Å². The van der Waals surface area contributed by atoms with Crippen LogP contribution in [0.2, 0.25) is 0 Å². The van der Waals surface area contributed by atoms with E-state index < -0.39 is 5.97 Å². The van der Waals surface area contributed by atoms with Crippen molar-refractivity contribution >= 4 is 5.97 Å². The fourth-order valence-corrected chi connectivity index (χ4v) is 1.42. The van der Waals surface area contributed by atoms with Gasteiger partial charge in [0, 0.05) is 5.56 Å². The molecular formula is C12H10N2O2. The summed E-state index contributed by atoms with van der Waals surface area (Å²) in [6.45, 7) is 0. The van der Waals surface area contributed by atoms with Crippen LogP contribution in [0.1, 0.15) is 10.4 Å². The van der Waals surface area contributed by atoms with Gasteiger partial charge in [-0.3, -0.25) is 0 Å². The molecule has 0 aliphatic rings. The Balaban J connectivity index is 2.53. The lowest BCUT2D eigenvalue weighted by atomic mass is 10.1. The monoisotopic (exact) mass is 214 g/mol. The lowest BCUT2D eigenvalue weighted by Crippen LogP contribution is -2.05. The highest BCUT2D eigenvalue weighted by Crippen LogP contribution is 2.20. The summed E-state index contributed by atoms with van der Waals surface area (Å²) >= 11 is 0. The van der Waals surface area contributed by atoms with Gasteiger partial charge in [-0.1, -0.05) is 30.3 Å². The number of aromatic nitrogens is 2. The summed E-state index contributed by atoms with van der Waals surface area (Å²) < 4.78 is 4.69. The van der Waals surface area contributed by atoms with Crippen LogP contribution in [-0.2, 0) is 4.74 Å². The van der Waals surface area contributed by atoms with E-state index in [1.807, 2.05) is 30.3 Å². The molecule has 1 aromatic carbocycles. The molecule has 1 aromatic heterocycles. The first kappa shape index (κ1) is 10.3. The number of nitrogens with zero attached hydrogens (tertiary/aromatic N) is 2. The topological polar surface area (TPSA) is 52.1 Å². The minimum atomic E-state index is -0.409. The Hall–Kier alpha value is -2.23. The van der Waals surface area contributed by atoms with E-state index in [1.54, 1.807) is 6.07 Å². The Morgan fingerprint density at radius 2 is 1.94 bits per heavy atom. The molecule has 0 aliphatic heterocycles. The normalized spacial score (nSPS) is 9.81. The van der Waals surface area contributed by atoms with Gasteiger partial charge in [0.15, 0.2) is 0 Å². The Kier molecular flexibility index (Phi) is 2.91. The van der Waals surface area contributed by atoms with Crippen LogP contribution in [0.15, 0.2) is 42.6 Å². The molecule has 0 bridgehead atoms. The lowest BCUT2D eigenvalue weighted by Gasteiger charge is -2.05. The zero-order chi connectivity index (χ0) is 11.4. The third-order valence-corrected chi connectivity index (χ3v) is 2.17. The van der Waals surface area contributed by atoms with Gasteiger partial charge in [0.05, 0.1) is 18.9 Å². The number of carbonyl (C=O) groups is 1. The molecule has 0 aliphatic carbocycles. The average Bonchev–Trinajstić information content (AvgIpc) is 2.39. The molecule has 1 heterocycles. The van der Waals surface area contributed by atoms with Crippen molar-refractivity contribution < 1.29 is 9.53 Å². The van der Waals surface area contributed by atoms with Crippen molar-refractivity contribution in [1.29, 1.82) is 0 Å². The lowest BCUT2D eigenvalue weighted by molar-refractivity contribution is 0.0601. The third kappa shape index (κ3) is 1.91. The summed E-state index contributed by atoms with van der Waals surface area (Å²) in [5.41, 5.74) is 1.80. The van der Waals surface area contributed by atoms with E-state index in [9.17, 15) is 4.79 Å². The van der Waals surface area contributed by atoms with Crippen LogP contribution in [-0.4, -0.2) is 23.3 Å². The van der Waals surface area contributed by atoms with E-state index in [-0.39, 0.29) is 0 Å². The molecule has 0 N–H and O–H groups in total. The molecule has 0 saturated heterocycles. The Morgan fingerprint density at radius 1 is 1.19 bits per heavy atom. The van der Waals surface area contributed by atoms with Crippen LogP contribution in [0, 0.1) is 0 Å². The van der Waals surface area contributed by atoms with Crippen LogP contribution >= 0.6 is 0 Å². The van der Waals surface area contributed by atoms with E-state index in [1.165, 1.54) is 13.3 Å². The molecule has 0 unspecified atom stereocenters. The molecule has 0 atom stereocenters. The third-order valence-electron chi connectivity index (χ3n) is 2.17. The highest BCUT2D eigenvalue weighted by atomic mass is 16.5. The number of carbonyl (C=O) groups excluding carboxylic acids is 1. The molecule has 0 amide bonds. The van der Waals surface area contributed by atoms with Gasteiger partial charge in [0.2, 0.25) is 0 Å². The van der Waals surface area contributed by atoms with Gasteiger partial charge >= 0.3 is 5.97 Å². The molecule has 4 heteroatoms. The smallest absolute Gasteiger partial charge is 0.340 e. The maximum atomic E-state index is 11.5. The molecule has 0 spiro atoms. The highest BCUT2D eigenvalue weighted by Gasteiger charge is 2.14. The Morgan fingerprint density at radius 3 is 2.62 bits per heavy atom. The van der Waals surface area contributed by atoms with Gasteiger partial charge in [0.25, 0.3) is 0 Å². The molecule has 4 nitrogen and oxygen atoms in total. The number of rotatable bonds is 2. The quantitative estimate of drug-likeness (QED) is 0.717. The predicted octanol–water partition coefficient (Wildman–Crippen LogP) is 1.93. The largest absolute Gasteiger partial charge is 0.465 e. The van der Waals surface area contributed by atoms with Gasteiger partial charge in [-0.15, -0.1) is 5.10 Å². The van der Waals surface area contributed by atoms with Crippen molar-refractivity contribution in [3.05, 3.63) is 48.2 Å². The number of methoxy groups -OCH3 is 1. The van der Waals surface area contributed by atoms with E-state index in [2.05, 4.69) is 10.2 Å². The summed E-state index contributed by atoms with van der Waals surface area (Å²) in [7, 11) is 1.34. The Bertz CT molecular complexity index is 497. The van der Waals surface area contributed by atoms with Gasteiger partial charge < -0.3 is 4.74 Å². The summed E-state index contributed by atoms with van der Waals surface area (Å²) in [6, 6.07) is 11.0. The predicted molar refractivity (Wildman–Crippen MR) is 58.8 cm³/mol. The standard InChI is InChI=1S/C12H10N2O2/c1-16-12(15)10-7-8-13-14-11(10)9-5-3-2-4-6-9/h2-8H,1H3. The van der Waals surface area contributed by atoms with Gasteiger partial charge in [0.1, 0.15) is 5.69 Å². The van der Waals surface area contributed by atoms with Gasteiger partial charge in [-0.2, -0.15) is 5.10 Å². The molecule has 2 aromatic rings. The van der Waals surface area contributed by atoms with Gasteiger partial charge in [-0.25, -0.2) is 4.79 Å². The fraction of sp³-hybridized carbons (Fsp3) is 0.0833. The van der Waals surface area contributed by atoms with E-state index in [0.29, 0.717) is 11.3 Å². The second-order valence-electron chi connectivity index (χ2n) is 3.15. The first-order valence-electron chi connectivity index (χ1n) is 4.78. The first-order chi connectivity index (χ1) is 7.83. The summed E-state index contributed by atoms with van der Waals surface area (Å²) in [5, 5.41) is 7.75. The summed E-state index contributed by atoms with van der Waals surface area (Å²) in [5.74, 6) is -0.409. The van der Waals surface area contributed by atoms with Crippen molar-refractivity contribution in [2.24, 2.45) is 0 Å². The minimum absolute atomic E-state index is 0.409. The highest BCUT2D eigenvalue weighted by molar-refractivity contribution is 5.95. The van der Waals surface area contributed by atoms with Crippen molar-refractivity contribution in [2.75, 3.05) is 7.11 Å². The van der Waals surface area contributed by atoms with Crippen LogP contribution in [0.3, 0.4) is 0 Å². The number of benzene rings is 1. The van der Waals surface area contributed by atoms with E-state index in [4.69, 9.17) is 4.74 Å². The van der Waals surface area contributed by atoms with Crippen LogP contribution in [0.4, 0.5) is 0 Å². The zero-order valence-electron chi connectivity index (χ0n) is 8.75. The Labute approximate surface area is 92.9 Å². The van der Waals surface area contributed by atoms with Crippen LogP contribution in [0.5, 0.6) is 0 Å². The fourth-order valence-electron chi connectivity index (χ4n) is 1.42. The summed E-state index contributed by atoms with van der Waals surface area (Å²) in [4.78, 5) is 11.5. The van der Waals surface area contributed by atoms with Crippen molar-refractivity contribution in [3.63, 3.8) is 0 Å². The molecule has 2 rings (SSSR count). The minimum Gasteiger partial charge on any atom is -0.465 e. The zero-order valence-corrected chi connectivity index (χ0v) is 8.75. The maximum absolute atomic E-state index is 11.5. The number of ether oxygens (including phenoxy) is 1. The van der Waals surface area contributed by atoms with E-state index in [0.717, 1.165) is 5.56 Å². The molecule has 16 heavy (non-hydrogen) atoms.